The van der Waals surface area contributed by atoms with Gasteiger partial charge in [0.25, 0.3) is 16.8 Å². The highest BCUT2D eigenvalue weighted by Gasteiger charge is 2.28. The summed E-state index contributed by atoms with van der Waals surface area (Å²) in [7, 11) is 3.08. The molecule has 0 heterocycles. The summed E-state index contributed by atoms with van der Waals surface area (Å²) in [5, 5.41) is 15.7. The number of nitrogens with two attached hydrogens (primary N) is 1. The van der Waals surface area contributed by atoms with Crippen molar-refractivity contribution in [1.82, 2.24) is 4.90 Å². The van der Waals surface area contributed by atoms with Crippen LogP contribution in [0.4, 0.5) is 17.1 Å². The van der Waals surface area contributed by atoms with Gasteiger partial charge in [-0.3, -0.25) is 19.2 Å². The number of phenols is 1. The van der Waals surface area contributed by atoms with E-state index in [1.807, 2.05) is 0 Å². The van der Waals surface area contributed by atoms with Crippen LogP contribution in [0.2, 0.25) is 0 Å². The van der Waals surface area contributed by atoms with Crippen LogP contribution in [-0.2, 0) is 4.79 Å². The molecule has 27 heavy (non-hydrogen) atoms. The largest absolute Gasteiger partial charge is 0.505 e. The Labute approximate surface area is 155 Å². The van der Waals surface area contributed by atoms with Crippen molar-refractivity contribution in [3.8, 4) is 5.75 Å². The number of para-hydroxylation sites is 1. The molecule has 1 unspecified atom stereocenters. The molecule has 0 bridgehead atoms. The molecule has 0 aliphatic carbocycles. The molecule has 2 aromatic rings. The molecule has 0 aliphatic heterocycles. The maximum absolute atomic E-state index is 12.1. The van der Waals surface area contributed by atoms with Gasteiger partial charge in [-0.25, -0.2) is 0 Å². The van der Waals surface area contributed by atoms with Gasteiger partial charge < -0.3 is 26.4 Å². The van der Waals surface area contributed by atoms with Gasteiger partial charge in [0.1, 0.15) is 17.4 Å². The number of hydrogen-bond donors (Lipinski definition) is 4. The third-order valence-corrected chi connectivity index (χ3v) is 4.12. The first-order valence-electron chi connectivity index (χ1n) is 8.26. The number of phenolic OH excluding ortho intramolecular Hbond substituents is 1. The maximum Gasteiger partial charge on any atom is 0.257 e. The zero-order valence-electron chi connectivity index (χ0n) is 15.5. The highest BCUT2D eigenvalue weighted by Crippen LogP contribution is 2.32. The first-order chi connectivity index (χ1) is 12.6. The smallest absolute Gasteiger partial charge is 0.257 e. The van der Waals surface area contributed by atoms with Crippen LogP contribution in [0.1, 0.15) is 24.2 Å². The van der Waals surface area contributed by atoms with E-state index in [0.717, 1.165) is 0 Å². The number of rotatable bonds is 7. The minimum Gasteiger partial charge on any atom is -0.505 e. The second-order valence-electron chi connectivity index (χ2n) is 6.70. The number of carbonyl (C=O) groups is 2. The molecule has 0 aromatic heterocycles. The van der Waals surface area contributed by atoms with Crippen molar-refractivity contribution < 1.29 is 14.7 Å². The van der Waals surface area contributed by atoms with Crippen LogP contribution in [0.3, 0.4) is 0 Å². The fourth-order valence-corrected chi connectivity index (χ4v) is 2.56. The highest BCUT2D eigenvalue weighted by molar-refractivity contribution is 5.99. The van der Waals surface area contributed by atoms with Crippen molar-refractivity contribution in [2.45, 2.75) is 19.9 Å². The lowest BCUT2D eigenvalue weighted by molar-refractivity contribution is -0.119. The average Bonchev–Trinajstić information content (AvgIpc) is 2.60. The van der Waals surface area contributed by atoms with E-state index in [0.29, 0.717) is 0 Å². The van der Waals surface area contributed by atoms with Gasteiger partial charge in [-0.05, 0) is 18.1 Å². The van der Waals surface area contributed by atoms with Crippen molar-refractivity contribution in [2.24, 2.45) is 11.7 Å². The van der Waals surface area contributed by atoms with Gasteiger partial charge in [-0.2, -0.15) is 0 Å². The van der Waals surface area contributed by atoms with Gasteiger partial charge in [0.15, 0.2) is 5.75 Å². The van der Waals surface area contributed by atoms with Crippen molar-refractivity contribution in [3.05, 3.63) is 44.2 Å². The quantitative estimate of drug-likeness (QED) is 0.405. The number of benzene rings is 1. The van der Waals surface area contributed by atoms with E-state index in [9.17, 15) is 24.3 Å². The van der Waals surface area contributed by atoms with Crippen molar-refractivity contribution in [2.75, 3.05) is 24.7 Å². The monoisotopic (exact) mass is 374 g/mol. The van der Waals surface area contributed by atoms with Gasteiger partial charge in [0, 0.05) is 14.1 Å². The fourth-order valence-electron chi connectivity index (χ4n) is 2.56. The number of amides is 2. The topological polar surface area (TPSA) is 142 Å². The molecular formula is C18H22N4O5. The molecule has 2 aromatic carbocycles. The van der Waals surface area contributed by atoms with Crippen LogP contribution >= 0.6 is 0 Å². The number of nitrogens with zero attached hydrogens (tertiary/aromatic N) is 1. The Hall–Kier alpha value is -3.36. The Morgan fingerprint density at radius 3 is 2.22 bits per heavy atom. The Bertz CT molecular complexity index is 957. The van der Waals surface area contributed by atoms with Gasteiger partial charge >= 0.3 is 0 Å². The lowest BCUT2D eigenvalue weighted by Gasteiger charge is -2.23. The molecule has 0 radical (unpaired) electrons. The number of carbonyl (C=O) groups excluding carboxylic acids is 2. The predicted molar refractivity (Wildman–Crippen MR) is 102 cm³/mol. The summed E-state index contributed by atoms with van der Waals surface area (Å²) >= 11 is 0. The number of nitrogens with one attached hydrogen (secondary N) is 2. The van der Waals surface area contributed by atoms with E-state index >= 15 is 0 Å². The molecule has 2 rings (SSSR count). The first-order valence-corrected chi connectivity index (χ1v) is 8.26. The van der Waals surface area contributed by atoms with E-state index in [2.05, 4.69) is 10.6 Å². The second kappa shape index (κ2) is 7.48. The summed E-state index contributed by atoms with van der Waals surface area (Å²) in [6.45, 7) is 3.48. The minimum absolute atomic E-state index is 0.0374. The fraction of sp³-hybridized carbons (Fsp3) is 0.333. The van der Waals surface area contributed by atoms with Gasteiger partial charge in [-0.15, -0.1) is 0 Å². The molecular weight excluding hydrogens is 352 g/mol. The minimum atomic E-state index is -0.843. The summed E-state index contributed by atoms with van der Waals surface area (Å²) < 4.78 is 0. The maximum atomic E-state index is 12.1. The molecule has 0 spiro atoms. The van der Waals surface area contributed by atoms with Gasteiger partial charge in [0.05, 0.1) is 11.3 Å². The summed E-state index contributed by atoms with van der Waals surface area (Å²) in [6.07, 6.45) is 0. The summed E-state index contributed by atoms with van der Waals surface area (Å²) in [5.41, 5.74) is 3.68. The molecule has 144 valence electrons. The first kappa shape index (κ1) is 20.0. The zero-order valence-corrected chi connectivity index (χ0v) is 15.5. The zero-order chi connectivity index (χ0) is 20.5. The van der Waals surface area contributed by atoms with Crippen molar-refractivity contribution in [3.63, 3.8) is 0 Å². The molecule has 0 fully saturated rings. The Balaban J connectivity index is 2.38. The molecule has 0 saturated carbocycles. The third kappa shape index (κ3) is 3.76. The summed E-state index contributed by atoms with van der Waals surface area (Å²) in [5.74, 6) is -1.65. The summed E-state index contributed by atoms with van der Waals surface area (Å²) in [4.78, 5) is 48.8. The van der Waals surface area contributed by atoms with Crippen molar-refractivity contribution >= 4 is 28.9 Å². The van der Waals surface area contributed by atoms with Crippen LogP contribution in [0.25, 0.3) is 0 Å². The van der Waals surface area contributed by atoms with Crippen LogP contribution in [0.5, 0.6) is 5.75 Å². The second-order valence-corrected chi connectivity index (χ2v) is 6.70. The van der Waals surface area contributed by atoms with E-state index < -0.39 is 28.7 Å². The van der Waals surface area contributed by atoms with E-state index in [-0.39, 0.29) is 34.3 Å². The third-order valence-electron chi connectivity index (χ3n) is 4.12. The molecule has 1 atom stereocenters. The number of anilines is 3. The number of aromatic hydroxyl groups is 1. The Morgan fingerprint density at radius 1 is 1.11 bits per heavy atom. The lowest BCUT2D eigenvalue weighted by Crippen LogP contribution is -2.45. The van der Waals surface area contributed by atoms with Crippen molar-refractivity contribution in [1.29, 1.82) is 0 Å². The van der Waals surface area contributed by atoms with Gasteiger partial charge in [-0.1, -0.05) is 19.9 Å². The van der Waals surface area contributed by atoms with E-state index in [1.54, 1.807) is 13.8 Å². The SMILES string of the molecule is CC(C)C(Nc1c(Nc2cccc(C(=O)N(C)C)c2O)c(=O)c1=O)C(N)=O. The van der Waals surface area contributed by atoms with Crippen LogP contribution < -0.4 is 27.2 Å². The molecule has 2 amide bonds. The normalized spacial score (nSPS) is 12.0. The highest BCUT2D eigenvalue weighted by atomic mass is 16.3. The summed E-state index contributed by atoms with van der Waals surface area (Å²) in [6, 6.07) is 3.57. The van der Waals surface area contributed by atoms with Gasteiger partial charge in [0.2, 0.25) is 5.91 Å². The molecule has 0 aliphatic rings. The molecule has 0 saturated heterocycles. The standard InChI is InChI=1S/C18H22N4O5/c1-8(2)11(17(19)26)21-13-12(15(24)16(13)25)20-10-7-5-6-9(14(10)23)18(27)22(3)4/h5-8,11,20-21,23H,1-4H3,(H2,19,26). The molecule has 9 heteroatoms. The average molecular weight is 374 g/mol. The van der Waals surface area contributed by atoms with E-state index in [1.165, 1.54) is 37.2 Å². The molecule has 5 N–H and O–H groups in total. The molecule has 9 nitrogen and oxygen atoms in total. The predicted octanol–water partition coefficient (Wildman–Crippen LogP) is 0.355. The Morgan fingerprint density at radius 2 is 1.70 bits per heavy atom. The van der Waals surface area contributed by atoms with E-state index in [4.69, 9.17) is 5.73 Å². The van der Waals surface area contributed by atoms with Crippen LogP contribution in [0.15, 0.2) is 27.8 Å². The lowest BCUT2D eigenvalue weighted by atomic mass is 10.0. The van der Waals surface area contributed by atoms with Crippen LogP contribution in [-0.4, -0.2) is 42.0 Å². The number of primary amides is 1. The Kier molecular flexibility index (Phi) is 5.53. The van der Waals surface area contributed by atoms with Crippen LogP contribution in [0, 0.1) is 5.92 Å². The number of hydrogen-bond acceptors (Lipinski definition) is 7.